The Bertz CT molecular complexity index is 252. The maximum atomic E-state index is 4.93. The van der Waals surface area contributed by atoms with Crippen LogP contribution in [0.4, 0.5) is 0 Å². The molecule has 1 rings (SSSR count). The lowest BCUT2D eigenvalue weighted by atomic mass is 10.5. The van der Waals surface area contributed by atoms with Gasteiger partial charge in [-0.1, -0.05) is 0 Å². The van der Waals surface area contributed by atoms with Crippen LogP contribution in [-0.4, -0.2) is 19.2 Å². The molecule has 0 bridgehead atoms. The van der Waals surface area contributed by atoms with Crippen molar-refractivity contribution in [1.82, 2.24) is 4.98 Å². The highest BCUT2D eigenvalue weighted by molar-refractivity contribution is 9.10. The Morgan fingerprint density at radius 1 is 1.45 bits per heavy atom. The molecule has 0 aromatic carbocycles. The zero-order valence-corrected chi connectivity index (χ0v) is 7.81. The number of hydrogen-bond donors (Lipinski definition) is 0. The molecule has 0 aliphatic heterocycles. The van der Waals surface area contributed by atoms with Crippen LogP contribution in [-0.2, 0) is 0 Å². The SMILES string of the molecule is COc1[c]cc(Br)c(OC)n1. The van der Waals surface area contributed by atoms with Gasteiger partial charge in [0.15, 0.2) is 0 Å². The molecule has 0 saturated carbocycles. The van der Waals surface area contributed by atoms with Crippen LogP contribution >= 0.6 is 15.9 Å². The predicted octanol–water partition coefficient (Wildman–Crippen LogP) is 1.66. The second-order valence-electron chi connectivity index (χ2n) is 1.77. The maximum absolute atomic E-state index is 4.93. The fourth-order valence-electron chi connectivity index (χ4n) is 0.612. The quantitative estimate of drug-likeness (QED) is 0.754. The van der Waals surface area contributed by atoms with E-state index in [4.69, 9.17) is 9.47 Å². The van der Waals surface area contributed by atoms with Crippen LogP contribution in [0.1, 0.15) is 0 Å². The number of hydrogen-bond acceptors (Lipinski definition) is 3. The fraction of sp³-hybridized carbons (Fsp3) is 0.286. The van der Waals surface area contributed by atoms with Crippen LogP contribution in [0.25, 0.3) is 0 Å². The molecule has 1 aromatic rings. The molecule has 3 nitrogen and oxygen atoms in total. The van der Waals surface area contributed by atoms with Gasteiger partial charge in [-0.2, -0.15) is 4.98 Å². The van der Waals surface area contributed by atoms with Gasteiger partial charge in [-0.3, -0.25) is 0 Å². The average molecular weight is 217 g/mol. The van der Waals surface area contributed by atoms with E-state index in [1.54, 1.807) is 13.2 Å². The van der Waals surface area contributed by atoms with Gasteiger partial charge >= 0.3 is 0 Å². The molecule has 0 aliphatic rings. The van der Waals surface area contributed by atoms with E-state index in [0.717, 1.165) is 4.47 Å². The van der Waals surface area contributed by atoms with Gasteiger partial charge in [0.2, 0.25) is 11.8 Å². The first-order valence-corrected chi connectivity index (χ1v) is 3.73. The molecule has 0 saturated heterocycles. The van der Waals surface area contributed by atoms with Gasteiger partial charge in [0.1, 0.15) is 0 Å². The van der Waals surface area contributed by atoms with E-state index in [1.165, 1.54) is 7.11 Å². The van der Waals surface area contributed by atoms with E-state index < -0.39 is 0 Å². The molecule has 1 radical (unpaired) electrons. The Kier molecular flexibility index (Phi) is 2.70. The first-order chi connectivity index (χ1) is 5.27. The van der Waals surface area contributed by atoms with Gasteiger partial charge in [-0.05, 0) is 22.0 Å². The number of nitrogens with zero attached hydrogens (tertiary/aromatic N) is 1. The van der Waals surface area contributed by atoms with Crippen LogP contribution < -0.4 is 9.47 Å². The zero-order chi connectivity index (χ0) is 8.27. The molecule has 1 heterocycles. The Morgan fingerprint density at radius 2 is 2.18 bits per heavy atom. The molecule has 59 valence electrons. The van der Waals surface area contributed by atoms with Crippen LogP contribution in [0, 0.1) is 6.07 Å². The second-order valence-corrected chi connectivity index (χ2v) is 2.62. The third-order valence-electron chi connectivity index (χ3n) is 1.12. The smallest absolute Gasteiger partial charge is 0.231 e. The molecular weight excluding hydrogens is 210 g/mol. The van der Waals surface area contributed by atoms with Crippen molar-refractivity contribution in [2.45, 2.75) is 0 Å². The van der Waals surface area contributed by atoms with Crippen molar-refractivity contribution in [3.63, 3.8) is 0 Å². The highest BCUT2D eigenvalue weighted by Gasteiger charge is 2.02. The number of methoxy groups -OCH3 is 2. The molecule has 4 heteroatoms. The molecule has 0 fully saturated rings. The number of ether oxygens (including phenoxy) is 2. The first kappa shape index (κ1) is 8.33. The monoisotopic (exact) mass is 216 g/mol. The summed E-state index contributed by atoms with van der Waals surface area (Å²) in [6.07, 6.45) is 0. The van der Waals surface area contributed by atoms with E-state index in [2.05, 4.69) is 27.0 Å². The minimum atomic E-state index is 0.421. The molecule has 0 amide bonds. The van der Waals surface area contributed by atoms with Gasteiger partial charge in [0.05, 0.1) is 24.8 Å². The standard InChI is InChI=1S/C7H7BrNO2/c1-10-6-4-3-5(8)7(9-6)11-2/h3H,1-2H3. The minimum Gasteiger partial charge on any atom is -0.480 e. The molecule has 11 heavy (non-hydrogen) atoms. The topological polar surface area (TPSA) is 31.4 Å². The third-order valence-corrected chi connectivity index (χ3v) is 1.68. The summed E-state index contributed by atoms with van der Waals surface area (Å²) in [6, 6.07) is 4.50. The number of rotatable bonds is 2. The van der Waals surface area contributed by atoms with Crippen LogP contribution in [0.3, 0.4) is 0 Å². The summed E-state index contributed by atoms with van der Waals surface area (Å²) in [5.74, 6) is 0.922. The van der Waals surface area contributed by atoms with Crippen molar-refractivity contribution in [3.8, 4) is 11.8 Å². The number of halogens is 1. The molecule has 0 aliphatic carbocycles. The summed E-state index contributed by atoms with van der Waals surface area (Å²) >= 11 is 3.25. The van der Waals surface area contributed by atoms with Crippen molar-refractivity contribution >= 4 is 15.9 Å². The Balaban J connectivity index is 3.02. The molecule has 0 spiro atoms. The number of aromatic nitrogens is 1. The minimum absolute atomic E-state index is 0.421. The first-order valence-electron chi connectivity index (χ1n) is 2.94. The lowest BCUT2D eigenvalue weighted by Gasteiger charge is -2.02. The fourth-order valence-corrected chi connectivity index (χ4v) is 0.977. The van der Waals surface area contributed by atoms with Crippen molar-refractivity contribution in [2.75, 3.05) is 14.2 Å². The highest BCUT2D eigenvalue weighted by atomic mass is 79.9. The molecule has 0 N–H and O–H groups in total. The zero-order valence-electron chi connectivity index (χ0n) is 6.22. The normalized spacial score (nSPS) is 9.36. The van der Waals surface area contributed by atoms with Gasteiger partial charge in [0.25, 0.3) is 0 Å². The van der Waals surface area contributed by atoms with Crippen molar-refractivity contribution in [2.24, 2.45) is 0 Å². The van der Waals surface area contributed by atoms with E-state index in [-0.39, 0.29) is 0 Å². The predicted molar refractivity (Wildman–Crippen MR) is 43.9 cm³/mol. The van der Waals surface area contributed by atoms with Gasteiger partial charge < -0.3 is 9.47 Å². The van der Waals surface area contributed by atoms with Crippen molar-refractivity contribution in [3.05, 3.63) is 16.6 Å². The summed E-state index contributed by atoms with van der Waals surface area (Å²) < 4.78 is 10.5. The molecule has 0 atom stereocenters. The van der Waals surface area contributed by atoms with Crippen LogP contribution in [0.15, 0.2) is 10.5 Å². The van der Waals surface area contributed by atoms with Gasteiger partial charge in [-0.15, -0.1) is 0 Å². The van der Waals surface area contributed by atoms with Crippen molar-refractivity contribution < 1.29 is 9.47 Å². The van der Waals surface area contributed by atoms with Crippen LogP contribution in [0.2, 0.25) is 0 Å². The number of pyridine rings is 1. The lowest BCUT2D eigenvalue weighted by Crippen LogP contribution is -1.92. The average Bonchev–Trinajstić information content (AvgIpc) is 2.05. The summed E-state index contributed by atoms with van der Waals surface area (Å²) in [5, 5.41) is 0. The van der Waals surface area contributed by atoms with E-state index in [1.807, 2.05) is 0 Å². The van der Waals surface area contributed by atoms with Gasteiger partial charge in [0, 0.05) is 0 Å². The molecule has 1 aromatic heterocycles. The molecule has 0 unspecified atom stereocenters. The largest absolute Gasteiger partial charge is 0.480 e. The Labute approximate surface area is 73.5 Å². The highest BCUT2D eigenvalue weighted by Crippen LogP contribution is 2.23. The maximum Gasteiger partial charge on any atom is 0.231 e. The molecular formula is C7H7BrNO2. The lowest BCUT2D eigenvalue weighted by molar-refractivity contribution is 0.362. The van der Waals surface area contributed by atoms with Crippen LogP contribution in [0.5, 0.6) is 11.8 Å². The Morgan fingerprint density at radius 3 is 2.73 bits per heavy atom. The summed E-state index contributed by atoms with van der Waals surface area (Å²) in [6.45, 7) is 0. The van der Waals surface area contributed by atoms with E-state index in [0.29, 0.717) is 11.8 Å². The van der Waals surface area contributed by atoms with E-state index in [9.17, 15) is 0 Å². The summed E-state index contributed by atoms with van der Waals surface area (Å²) in [7, 11) is 3.08. The van der Waals surface area contributed by atoms with Gasteiger partial charge in [-0.25, -0.2) is 0 Å². The van der Waals surface area contributed by atoms with Crippen molar-refractivity contribution in [1.29, 1.82) is 0 Å². The Hall–Kier alpha value is -0.770. The third kappa shape index (κ3) is 1.83. The van der Waals surface area contributed by atoms with E-state index >= 15 is 0 Å². The summed E-state index contributed by atoms with van der Waals surface area (Å²) in [5.41, 5.74) is 0. The summed E-state index contributed by atoms with van der Waals surface area (Å²) in [4.78, 5) is 3.96. The second kappa shape index (κ2) is 3.57.